The first-order valence-corrected chi connectivity index (χ1v) is 8.49. The molecule has 8 heteroatoms. The maximum absolute atomic E-state index is 13.1. The number of carbonyl (C=O) groups excluding carboxylic acids is 2. The fourth-order valence-corrected chi connectivity index (χ4v) is 2.40. The van der Waals surface area contributed by atoms with E-state index in [9.17, 15) is 14.0 Å². The van der Waals surface area contributed by atoms with Crippen molar-refractivity contribution in [3.63, 3.8) is 0 Å². The lowest BCUT2D eigenvalue weighted by Crippen LogP contribution is -2.21. The van der Waals surface area contributed by atoms with Crippen LogP contribution in [-0.4, -0.2) is 32.2 Å². The van der Waals surface area contributed by atoms with Crippen LogP contribution in [0, 0.1) is 5.82 Å². The molecule has 1 amide bonds. The molecule has 2 aromatic carbocycles. The number of benzene rings is 2. The first kappa shape index (κ1) is 20.7. The first-order chi connectivity index (χ1) is 12.9. The number of hydrogen-bond acceptors (Lipinski definition) is 5. The molecule has 0 aliphatic heterocycles. The molecular formula is C19H19ClFNO5. The quantitative estimate of drug-likeness (QED) is 0.688. The number of anilines is 1. The summed E-state index contributed by atoms with van der Waals surface area (Å²) in [6.45, 7) is 2.16. The minimum Gasteiger partial charge on any atom is -0.496 e. The molecule has 1 N–H and O–H groups in total. The highest BCUT2D eigenvalue weighted by atomic mass is 35.5. The van der Waals surface area contributed by atoms with E-state index in [1.54, 1.807) is 12.1 Å². The molecule has 0 heterocycles. The topological polar surface area (TPSA) is 73.9 Å². The molecule has 0 saturated heterocycles. The number of amides is 1. The minimum absolute atomic E-state index is 0.121. The highest BCUT2D eigenvalue weighted by Gasteiger charge is 2.14. The van der Waals surface area contributed by atoms with Gasteiger partial charge in [-0.15, -0.1) is 0 Å². The van der Waals surface area contributed by atoms with Crippen LogP contribution in [0.15, 0.2) is 36.4 Å². The molecule has 0 atom stereocenters. The summed E-state index contributed by atoms with van der Waals surface area (Å²) < 4.78 is 28.7. The summed E-state index contributed by atoms with van der Waals surface area (Å²) in [7, 11) is 1.52. The summed E-state index contributed by atoms with van der Waals surface area (Å²) in [5, 5.41) is 2.35. The third kappa shape index (κ3) is 5.94. The van der Waals surface area contributed by atoms with E-state index in [1.807, 2.05) is 6.92 Å². The molecule has 0 bridgehead atoms. The molecule has 144 valence electrons. The molecule has 27 heavy (non-hydrogen) atoms. The van der Waals surface area contributed by atoms with Crippen LogP contribution < -0.4 is 10.1 Å². The number of nitrogens with one attached hydrogen (secondary N) is 1. The maximum Gasteiger partial charge on any atom is 0.338 e. The predicted octanol–water partition coefficient (Wildman–Crippen LogP) is 3.82. The molecule has 0 fully saturated rings. The molecule has 0 spiro atoms. The third-order valence-corrected chi connectivity index (χ3v) is 3.81. The van der Waals surface area contributed by atoms with Crippen molar-refractivity contribution < 1.29 is 28.2 Å². The highest BCUT2D eigenvalue weighted by Crippen LogP contribution is 2.22. The summed E-state index contributed by atoms with van der Waals surface area (Å²) in [6, 6.07) is 8.50. The number of rotatable bonds is 8. The Kier molecular flexibility index (Phi) is 7.57. The largest absolute Gasteiger partial charge is 0.496 e. The van der Waals surface area contributed by atoms with Crippen LogP contribution in [0.3, 0.4) is 0 Å². The van der Waals surface area contributed by atoms with Gasteiger partial charge in [0.25, 0.3) is 5.91 Å². The van der Waals surface area contributed by atoms with Gasteiger partial charge < -0.3 is 19.5 Å². The van der Waals surface area contributed by atoms with Crippen LogP contribution in [0.25, 0.3) is 0 Å². The van der Waals surface area contributed by atoms with Crippen molar-refractivity contribution in [1.82, 2.24) is 0 Å². The lowest BCUT2D eigenvalue weighted by atomic mass is 10.1. The third-order valence-electron chi connectivity index (χ3n) is 3.52. The van der Waals surface area contributed by atoms with Crippen LogP contribution >= 0.6 is 11.6 Å². The van der Waals surface area contributed by atoms with E-state index < -0.39 is 24.3 Å². The second-order valence-corrected chi connectivity index (χ2v) is 5.82. The molecule has 0 aromatic heterocycles. The maximum atomic E-state index is 13.1. The SMILES string of the molecule is CCOCc1cc(C(=O)OCC(=O)Nc2ccc(F)c(Cl)c2)ccc1OC. The molecule has 2 rings (SSSR count). The zero-order valence-corrected chi connectivity index (χ0v) is 15.6. The molecule has 0 aliphatic carbocycles. The fourth-order valence-electron chi connectivity index (χ4n) is 2.22. The number of ether oxygens (including phenoxy) is 3. The second-order valence-electron chi connectivity index (χ2n) is 5.42. The van der Waals surface area contributed by atoms with Gasteiger partial charge in [-0.3, -0.25) is 4.79 Å². The predicted molar refractivity (Wildman–Crippen MR) is 98.6 cm³/mol. The summed E-state index contributed by atoms with van der Waals surface area (Å²) in [5.74, 6) is -1.24. The molecular weight excluding hydrogens is 377 g/mol. The lowest BCUT2D eigenvalue weighted by molar-refractivity contribution is -0.119. The normalized spacial score (nSPS) is 10.4. The number of carbonyl (C=O) groups is 2. The summed E-state index contributed by atoms with van der Waals surface area (Å²) >= 11 is 5.65. The van der Waals surface area contributed by atoms with E-state index in [-0.39, 0.29) is 17.2 Å². The lowest BCUT2D eigenvalue weighted by Gasteiger charge is -2.11. The summed E-state index contributed by atoms with van der Waals surface area (Å²) in [5.41, 5.74) is 1.26. The Hall–Kier alpha value is -2.64. The van der Waals surface area contributed by atoms with E-state index in [0.717, 1.165) is 6.07 Å². The molecule has 0 unspecified atom stereocenters. The van der Waals surface area contributed by atoms with E-state index in [2.05, 4.69) is 5.32 Å². The Balaban J connectivity index is 1.96. The number of esters is 1. The van der Waals surface area contributed by atoms with Gasteiger partial charge >= 0.3 is 5.97 Å². The monoisotopic (exact) mass is 395 g/mol. The van der Waals surface area contributed by atoms with Crippen molar-refractivity contribution >= 4 is 29.2 Å². The minimum atomic E-state index is -0.664. The van der Waals surface area contributed by atoms with Crippen LogP contribution in [0.2, 0.25) is 5.02 Å². The van der Waals surface area contributed by atoms with Gasteiger partial charge in [0.1, 0.15) is 11.6 Å². The average Bonchev–Trinajstić information content (AvgIpc) is 2.67. The Morgan fingerprint density at radius 2 is 1.96 bits per heavy atom. The fraction of sp³-hybridized carbons (Fsp3) is 0.263. The molecule has 0 aliphatic rings. The van der Waals surface area contributed by atoms with Gasteiger partial charge in [-0.1, -0.05) is 11.6 Å². The Bertz CT molecular complexity index is 828. The Morgan fingerprint density at radius 3 is 2.63 bits per heavy atom. The van der Waals surface area contributed by atoms with Gasteiger partial charge in [0.2, 0.25) is 0 Å². The number of methoxy groups -OCH3 is 1. The molecule has 0 saturated carbocycles. The van der Waals surface area contributed by atoms with E-state index >= 15 is 0 Å². The van der Waals surface area contributed by atoms with Crippen molar-refractivity contribution in [2.24, 2.45) is 0 Å². The van der Waals surface area contributed by atoms with Crippen molar-refractivity contribution in [3.05, 3.63) is 58.4 Å². The molecule has 2 aromatic rings. The van der Waals surface area contributed by atoms with Gasteiger partial charge in [-0.05, 0) is 43.3 Å². The second kappa shape index (κ2) is 9.89. The standard InChI is InChI=1S/C19H19ClFNO5/c1-3-26-10-13-8-12(4-7-17(13)25-2)19(24)27-11-18(23)22-14-5-6-16(21)15(20)9-14/h4-9H,3,10-11H2,1-2H3,(H,22,23). The van der Waals surface area contributed by atoms with Gasteiger partial charge in [0.05, 0.1) is 24.3 Å². The van der Waals surface area contributed by atoms with Gasteiger partial charge in [0, 0.05) is 17.9 Å². The van der Waals surface area contributed by atoms with Gasteiger partial charge in [-0.25, -0.2) is 9.18 Å². The molecule has 0 radical (unpaired) electrons. The van der Waals surface area contributed by atoms with Gasteiger partial charge in [0.15, 0.2) is 6.61 Å². The van der Waals surface area contributed by atoms with Crippen molar-refractivity contribution in [2.45, 2.75) is 13.5 Å². The number of halogens is 2. The van der Waals surface area contributed by atoms with E-state index in [1.165, 1.54) is 25.3 Å². The zero-order chi connectivity index (χ0) is 19.8. The average molecular weight is 396 g/mol. The van der Waals surface area contributed by atoms with Crippen molar-refractivity contribution in [2.75, 3.05) is 25.6 Å². The highest BCUT2D eigenvalue weighted by molar-refractivity contribution is 6.31. The van der Waals surface area contributed by atoms with Crippen molar-refractivity contribution in [3.8, 4) is 5.75 Å². The number of hydrogen-bond donors (Lipinski definition) is 1. The van der Waals surface area contributed by atoms with E-state index in [0.29, 0.717) is 23.6 Å². The van der Waals surface area contributed by atoms with Crippen LogP contribution in [0.4, 0.5) is 10.1 Å². The van der Waals surface area contributed by atoms with Crippen LogP contribution in [0.1, 0.15) is 22.8 Å². The Labute approximate surface area is 161 Å². The first-order valence-electron chi connectivity index (χ1n) is 8.11. The zero-order valence-electron chi connectivity index (χ0n) is 14.9. The molecule has 6 nitrogen and oxygen atoms in total. The summed E-state index contributed by atoms with van der Waals surface area (Å²) in [4.78, 5) is 24.1. The smallest absolute Gasteiger partial charge is 0.338 e. The van der Waals surface area contributed by atoms with Crippen LogP contribution in [0.5, 0.6) is 5.75 Å². The van der Waals surface area contributed by atoms with Gasteiger partial charge in [-0.2, -0.15) is 0 Å². The van der Waals surface area contributed by atoms with Crippen molar-refractivity contribution in [1.29, 1.82) is 0 Å². The Morgan fingerprint density at radius 1 is 1.19 bits per heavy atom. The summed E-state index contributed by atoms with van der Waals surface area (Å²) in [6.07, 6.45) is 0. The van der Waals surface area contributed by atoms with E-state index in [4.69, 9.17) is 25.8 Å². The van der Waals surface area contributed by atoms with Crippen LogP contribution in [-0.2, 0) is 20.9 Å².